The van der Waals surface area contributed by atoms with Crippen molar-refractivity contribution in [1.29, 1.82) is 0 Å². The van der Waals surface area contributed by atoms with Crippen molar-refractivity contribution in [2.45, 2.75) is 25.0 Å². The number of carbonyl (C=O) groups excluding carboxylic acids is 1. The lowest BCUT2D eigenvalue weighted by Crippen LogP contribution is -2.36. The summed E-state index contributed by atoms with van der Waals surface area (Å²) in [6.07, 6.45) is 1.61. The van der Waals surface area contributed by atoms with Gasteiger partial charge in [-0.15, -0.1) is 0 Å². The molecule has 2 atom stereocenters. The van der Waals surface area contributed by atoms with Crippen LogP contribution >= 0.6 is 23.2 Å². The van der Waals surface area contributed by atoms with Gasteiger partial charge in [0, 0.05) is 13.2 Å². The van der Waals surface area contributed by atoms with Crippen LogP contribution in [-0.4, -0.2) is 30.1 Å². The van der Waals surface area contributed by atoms with E-state index in [0.717, 1.165) is 18.9 Å². The van der Waals surface area contributed by atoms with E-state index in [1.165, 1.54) is 12.1 Å². The van der Waals surface area contributed by atoms with Crippen LogP contribution in [0, 0.1) is 5.82 Å². The molecule has 1 fully saturated rings. The third kappa shape index (κ3) is 3.11. The molecule has 2 aliphatic rings. The second kappa shape index (κ2) is 7.38. The summed E-state index contributed by atoms with van der Waals surface area (Å²) in [6.45, 7) is 0.940. The highest BCUT2D eigenvalue weighted by Gasteiger charge is 2.44. The summed E-state index contributed by atoms with van der Waals surface area (Å²) < 4.78 is 25.3. The van der Waals surface area contributed by atoms with E-state index in [1.54, 1.807) is 23.1 Å². The molecule has 0 radical (unpaired) electrons. The second-order valence-corrected chi connectivity index (χ2v) is 8.30. The van der Waals surface area contributed by atoms with Crippen LogP contribution in [0.3, 0.4) is 0 Å². The number of fused-ring (bicyclic) bond motifs is 2. The van der Waals surface area contributed by atoms with E-state index in [9.17, 15) is 14.0 Å². The molecule has 30 heavy (non-hydrogen) atoms. The molecule has 1 amide bonds. The molecule has 5 rings (SSSR count). The SMILES string of the molecule is O=C1c2oc3ccc(F)cc3c(=O)c2[C@H](c2ccc(Cl)c(Cl)c2)N1C[C@H]1CCCO1. The molecule has 1 saturated heterocycles. The summed E-state index contributed by atoms with van der Waals surface area (Å²) in [5.41, 5.74) is 0.525. The molecule has 2 aliphatic heterocycles. The number of hydrogen-bond acceptors (Lipinski definition) is 4. The van der Waals surface area contributed by atoms with Crippen molar-refractivity contribution in [3.63, 3.8) is 0 Å². The first-order valence-corrected chi connectivity index (χ1v) is 10.3. The van der Waals surface area contributed by atoms with E-state index in [1.807, 2.05) is 0 Å². The zero-order valence-corrected chi connectivity index (χ0v) is 17.2. The van der Waals surface area contributed by atoms with Crippen LogP contribution in [-0.2, 0) is 4.74 Å². The van der Waals surface area contributed by atoms with Crippen LogP contribution in [0.25, 0.3) is 11.0 Å². The summed E-state index contributed by atoms with van der Waals surface area (Å²) >= 11 is 12.3. The fourth-order valence-electron chi connectivity index (χ4n) is 4.22. The third-order valence-electron chi connectivity index (χ3n) is 5.61. The standard InChI is InChI=1S/C22H16Cl2FNO4/c23-15-5-3-11(8-16(15)24)19-18-20(27)14-9-12(25)4-6-17(14)30-21(18)22(28)26(19)10-13-2-1-7-29-13/h3-6,8-9,13,19H,1-2,7,10H2/t13-,19+/m1/s1. The molecule has 0 aliphatic carbocycles. The van der Waals surface area contributed by atoms with Gasteiger partial charge in [0.25, 0.3) is 5.91 Å². The molecule has 2 aromatic carbocycles. The third-order valence-corrected chi connectivity index (χ3v) is 6.35. The van der Waals surface area contributed by atoms with Crippen molar-refractivity contribution in [3.8, 4) is 0 Å². The Hall–Kier alpha value is -2.41. The van der Waals surface area contributed by atoms with Gasteiger partial charge in [-0.25, -0.2) is 4.39 Å². The number of amides is 1. The molecule has 5 nitrogen and oxygen atoms in total. The smallest absolute Gasteiger partial charge is 0.291 e. The van der Waals surface area contributed by atoms with Gasteiger partial charge in [0.15, 0.2) is 5.43 Å². The molecule has 1 aromatic heterocycles. The van der Waals surface area contributed by atoms with Crippen LogP contribution in [0.15, 0.2) is 45.6 Å². The number of hydrogen-bond donors (Lipinski definition) is 0. The van der Waals surface area contributed by atoms with E-state index >= 15 is 0 Å². The van der Waals surface area contributed by atoms with Gasteiger partial charge in [-0.2, -0.15) is 0 Å². The van der Waals surface area contributed by atoms with Crippen molar-refractivity contribution in [1.82, 2.24) is 4.90 Å². The van der Waals surface area contributed by atoms with Crippen LogP contribution in [0.2, 0.25) is 10.0 Å². The fourth-order valence-corrected chi connectivity index (χ4v) is 4.52. The first-order valence-electron chi connectivity index (χ1n) is 9.58. The van der Waals surface area contributed by atoms with E-state index in [2.05, 4.69) is 0 Å². The summed E-state index contributed by atoms with van der Waals surface area (Å²) in [5, 5.41) is 0.761. The van der Waals surface area contributed by atoms with E-state index in [4.69, 9.17) is 32.4 Å². The van der Waals surface area contributed by atoms with Gasteiger partial charge in [-0.3, -0.25) is 9.59 Å². The Labute approximate surface area is 180 Å². The number of halogens is 3. The van der Waals surface area contributed by atoms with Gasteiger partial charge in [-0.05, 0) is 48.7 Å². The van der Waals surface area contributed by atoms with Gasteiger partial charge in [0.1, 0.15) is 11.4 Å². The van der Waals surface area contributed by atoms with Crippen LogP contribution in [0.5, 0.6) is 0 Å². The fraction of sp³-hybridized carbons (Fsp3) is 0.273. The average Bonchev–Trinajstić information content (AvgIpc) is 3.33. The van der Waals surface area contributed by atoms with E-state index < -0.39 is 23.2 Å². The van der Waals surface area contributed by atoms with Crippen molar-refractivity contribution in [3.05, 3.63) is 79.4 Å². The lowest BCUT2D eigenvalue weighted by molar-refractivity contribution is 0.0486. The number of benzene rings is 2. The molecule has 0 unspecified atom stereocenters. The Morgan fingerprint density at radius 2 is 1.93 bits per heavy atom. The number of ether oxygens (including phenoxy) is 1. The Bertz CT molecular complexity index is 1240. The summed E-state index contributed by atoms with van der Waals surface area (Å²) in [5.74, 6) is -0.991. The molecule has 3 heterocycles. The van der Waals surface area contributed by atoms with Gasteiger partial charge in [0.2, 0.25) is 5.76 Å². The molecule has 0 spiro atoms. The molecule has 0 bridgehead atoms. The quantitative estimate of drug-likeness (QED) is 0.568. The summed E-state index contributed by atoms with van der Waals surface area (Å²) in [4.78, 5) is 28.2. The number of nitrogens with zero attached hydrogens (tertiary/aromatic N) is 1. The second-order valence-electron chi connectivity index (χ2n) is 7.48. The van der Waals surface area contributed by atoms with Crippen LogP contribution < -0.4 is 5.43 Å². The van der Waals surface area contributed by atoms with Crippen molar-refractivity contribution in [2.24, 2.45) is 0 Å². The Morgan fingerprint density at radius 3 is 2.67 bits per heavy atom. The highest BCUT2D eigenvalue weighted by Crippen LogP contribution is 2.40. The van der Waals surface area contributed by atoms with E-state index in [-0.39, 0.29) is 28.4 Å². The predicted octanol–water partition coefficient (Wildman–Crippen LogP) is 4.96. The minimum absolute atomic E-state index is 0.0341. The van der Waals surface area contributed by atoms with Crippen molar-refractivity contribution < 1.29 is 18.3 Å². The maximum atomic E-state index is 13.8. The topological polar surface area (TPSA) is 59.8 Å². The molecule has 3 aromatic rings. The lowest BCUT2D eigenvalue weighted by atomic mass is 9.98. The Morgan fingerprint density at radius 1 is 1.10 bits per heavy atom. The zero-order chi connectivity index (χ0) is 21.0. The Kier molecular flexibility index (Phi) is 4.81. The maximum Gasteiger partial charge on any atom is 0.291 e. The monoisotopic (exact) mass is 447 g/mol. The molecule has 8 heteroatoms. The van der Waals surface area contributed by atoms with Gasteiger partial charge in [-0.1, -0.05) is 29.3 Å². The zero-order valence-electron chi connectivity index (χ0n) is 15.7. The summed E-state index contributed by atoms with van der Waals surface area (Å²) in [7, 11) is 0. The molecule has 0 saturated carbocycles. The largest absolute Gasteiger partial charge is 0.450 e. The van der Waals surface area contributed by atoms with Gasteiger partial charge in [0.05, 0.1) is 33.1 Å². The number of carbonyl (C=O) groups is 1. The molecule has 0 N–H and O–H groups in total. The van der Waals surface area contributed by atoms with Crippen LogP contribution in [0.4, 0.5) is 4.39 Å². The molecule has 154 valence electrons. The van der Waals surface area contributed by atoms with Gasteiger partial charge < -0.3 is 14.1 Å². The Balaban J connectivity index is 1.72. The molecular formula is C22H16Cl2FNO4. The van der Waals surface area contributed by atoms with Crippen molar-refractivity contribution >= 4 is 40.1 Å². The average molecular weight is 448 g/mol. The van der Waals surface area contributed by atoms with E-state index in [0.29, 0.717) is 28.8 Å². The van der Waals surface area contributed by atoms with Crippen LogP contribution in [0.1, 0.15) is 40.6 Å². The predicted molar refractivity (Wildman–Crippen MR) is 111 cm³/mol. The van der Waals surface area contributed by atoms with Crippen molar-refractivity contribution in [2.75, 3.05) is 13.2 Å². The highest BCUT2D eigenvalue weighted by molar-refractivity contribution is 6.42. The maximum absolute atomic E-state index is 13.8. The lowest BCUT2D eigenvalue weighted by Gasteiger charge is -2.27. The van der Waals surface area contributed by atoms with Gasteiger partial charge >= 0.3 is 0 Å². The normalized spacial score (nSPS) is 20.9. The summed E-state index contributed by atoms with van der Waals surface area (Å²) in [6, 6.07) is 7.92. The first-order chi connectivity index (χ1) is 14.4. The minimum Gasteiger partial charge on any atom is -0.450 e. The highest BCUT2D eigenvalue weighted by atomic mass is 35.5. The number of rotatable bonds is 3. The minimum atomic E-state index is -0.726. The molecular weight excluding hydrogens is 432 g/mol. The first kappa shape index (κ1) is 19.5.